The summed E-state index contributed by atoms with van der Waals surface area (Å²) in [6, 6.07) is 0. The maximum absolute atomic E-state index is 12.3. The third kappa shape index (κ3) is 1.90. The van der Waals surface area contributed by atoms with Crippen molar-refractivity contribution in [2.75, 3.05) is 13.2 Å². The van der Waals surface area contributed by atoms with E-state index in [2.05, 4.69) is 26.2 Å². The number of ether oxygens (including phenoxy) is 1. The molecule has 0 saturated carbocycles. The van der Waals surface area contributed by atoms with Crippen LogP contribution in [-0.4, -0.2) is 39.5 Å². The van der Waals surface area contributed by atoms with Gasteiger partial charge in [0, 0.05) is 20.3 Å². The summed E-state index contributed by atoms with van der Waals surface area (Å²) in [7, 11) is 1.67. The number of carbonyl (C=O) groups is 1. The Labute approximate surface area is 101 Å². The standard InChI is InChI=1S/C9H13BrN4O2/c1-14-6(8(10)12-13-14)7(15)9(11)2-4-16-5-3-9/h2-5,11H2,1H3. The molecule has 1 aliphatic heterocycles. The van der Waals surface area contributed by atoms with E-state index in [0.29, 0.717) is 36.4 Å². The third-order valence-electron chi connectivity index (χ3n) is 2.84. The Hall–Kier alpha value is -0.790. The van der Waals surface area contributed by atoms with Gasteiger partial charge in [0.15, 0.2) is 4.60 Å². The number of aryl methyl sites for hydroxylation is 1. The molecular weight excluding hydrogens is 276 g/mol. The fourth-order valence-electron chi connectivity index (χ4n) is 1.77. The number of aromatic nitrogens is 3. The van der Waals surface area contributed by atoms with Gasteiger partial charge in [-0.25, -0.2) is 4.68 Å². The zero-order valence-electron chi connectivity index (χ0n) is 8.94. The lowest BCUT2D eigenvalue weighted by molar-refractivity contribution is 0.0441. The van der Waals surface area contributed by atoms with E-state index in [9.17, 15) is 4.79 Å². The number of halogens is 1. The zero-order chi connectivity index (χ0) is 11.8. The summed E-state index contributed by atoms with van der Waals surface area (Å²) in [5.74, 6) is -0.129. The molecule has 2 rings (SSSR count). The molecule has 1 fully saturated rings. The summed E-state index contributed by atoms with van der Waals surface area (Å²) < 4.78 is 7.09. The van der Waals surface area contributed by atoms with Crippen LogP contribution >= 0.6 is 15.9 Å². The fourth-order valence-corrected chi connectivity index (χ4v) is 2.28. The molecule has 0 aromatic carbocycles. The minimum absolute atomic E-state index is 0.129. The van der Waals surface area contributed by atoms with Crippen molar-refractivity contribution >= 4 is 21.7 Å². The Morgan fingerprint density at radius 3 is 2.69 bits per heavy atom. The number of hydrogen-bond donors (Lipinski definition) is 1. The molecule has 0 bridgehead atoms. The molecule has 1 aromatic heterocycles. The molecule has 2 N–H and O–H groups in total. The minimum atomic E-state index is -0.851. The van der Waals surface area contributed by atoms with E-state index < -0.39 is 5.54 Å². The van der Waals surface area contributed by atoms with Gasteiger partial charge in [-0.1, -0.05) is 5.21 Å². The first-order valence-electron chi connectivity index (χ1n) is 5.01. The summed E-state index contributed by atoms with van der Waals surface area (Å²) in [5, 5.41) is 7.56. The van der Waals surface area contributed by atoms with Crippen LogP contribution in [0.15, 0.2) is 4.60 Å². The maximum atomic E-state index is 12.3. The Kier molecular flexibility index (Phi) is 3.09. The highest BCUT2D eigenvalue weighted by Crippen LogP contribution is 2.25. The summed E-state index contributed by atoms with van der Waals surface area (Å²) in [6.07, 6.45) is 1.06. The molecule has 1 saturated heterocycles. The van der Waals surface area contributed by atoms with E-state index in [1.807, 2.05) is 0 Å². The van der Waals surface area contributed by atoms with Crippen molar-refractivity contribution in [2.24, 2.45) is 12.8 Å². The van der Waals surface area contributed by atoms with Crippen molar-refractivity contribution in [3.05, 3.63) is 10.3 Å². The van der Waals surface area contributed by atoms with Gasteiger partial charge in [-0.3, -0.25) is 4.79 Å². The van der Waals surface area contributed by atoms with Crippen LogP contribution in [0.2, 0.25) is 0 Å². The third-order valence-corrected chi connectivity index (χ3v) is 3.37. The van der Waals surface area contributed by atoms with Gasteiger partial charge in [-0.2, -0.15) is 0 Å². The van der Waals surface area contributed by atoms with Crippen LogP contribution < -0.4 is 5.73 Å². The van der Waals surface area contributed by atoms with Gasteiger partial charge >= 0.3 is 0 Å². The molecule has 0 amide bonds. The second-order valence-electron chi connectivity index (χ2n) is 3.95. The molecule has 1 aromatic rings. The first-order valence-corrected chi connectivity index (χ1v) is 5.80. The van der Waals surface area contributed by atoms with Crippen molar-refractivity contribution in [3.63, 3.8) is 0 Å². The summed E-state index contributed by atoms with van der Waals surface area (Å²) in [6.45, 7) is 1.04. The van der Waals surface area contributed by atoms with E-state index in [0.717, 1.165) is 0 Å². The Balaban J connectivity index is 2.31. The number of hydrogen-bond acceptors (Lipinski definition) is 5. The molecular formula is C9H13BrN4O2. The fraction of sp³-hybridized carbons (Fsp3) is 0.667. The second-order valence-corrected chi connectivity index (χ2v) is 4.70. The lowest BCUT2D eigenvalue weighted by atomic mass is 9.85. The predicted octanol–water partition coefficient (Wildman–Crippen LogP) is 0.268. The zero-order valence-corrected chi connectivity index (χ0v) is 10.5. The summed E-state index contributed by atoms with van der Waals surface area (Å²) in [5.41, 5.74) is 5.68. The van der Waals surface area contributed by atoms with Crippen LogP contribution in [-0.2, 0) is 11.8 Å². The average molecular weight is 289 g/mol. The van der Waals surface area contributed by atoms with Crippen molar-refractivity contribution in [3.8, 4) is 0 Å². The van der Waals surface area contributed by atoms with Gasteiger partial charge in [0.05, 0.1) is 5.54 Å². The molecule has 7 heteroatoms. The highest BCUT2D eigenvalue weighted by atomic mass is 79.9. The SMILES string of the molecule is Cn1nnc(Br)c1C(=O)C1(N)CCOCC1. The molecule has 0 spiro atoms. The quantitative estimate of drug-likeness (QED) is 0.790. The number of nitrogens with zero attached hydrogens (tertiary/aromatic N) is 3. The highest BCUT2D eigenvalue weighted by molar-refractivity contribution is 9.10. The van der Waals surface area contributed by atoms with Gasteiger partial charge in [-0.05, 0) is 28.8 Å². The normalized spacial score (nSPS) is 19.7. The molecule has 0 unspecified atom stereocenters. The van der Waals surface area contributed by atoms with E-state index in [1.165, 1.54) is 4.68 Å². The lowest BCUT2D eigenvalue weighted by Crippen LogP contribution is -2.52. The van der Waals surface area contributed by atoms with E-state index in [-0.39, 0.29) is 5.78 Å². The second kappa shape index (κ2) is 4.23. The van der Waals surface area contributed by atoms with Crippen LogP contribution in [0.1, 0.15) is 23.3 Å². The van der Waals surface area contributed by atoms with Crippen molar-refractivity contribution < 1.29 is 9.53 Å². The number of nitrogens with two attached hydrogens (primary N) is 1. The minimum Gasteiger partial charge on any atom is -0.381 e. The average Bonchev–Trinajstić information content (AvgIpc) is 2.59. The van der Waals surface area contributed by atoms with Crippen LogP contribution in [0.3, 0.4) is 0 Å². The van der Waals surface area contributed by atoms with Crippen LogP contribution in [0.4, 0.5) is 0 Å². The maximum Gasteiger partial charge on any atom is 0.203 e. The number of ketones is 1. The predicted molar refractivity (Wildman–Crippen MR) is 60.0 cm³/mol. The molecule has 0 radical (unpaired) electrons. The topological polar surface area (TPSA) is 83.0 Å². The van der Waals surface area contributed by atoms with E-state index in [4.69, 9.17) is 10.5 Å². The van der Waals surface area contributed by atoms with Gasteiger partial charge in [0.25, 0.3) is 0 Å². The molecule has 16 heavy (non-hydrogen) atoms. The van der Waals surface area contributed by atoms with Crippen LogP contribution in [0.5, 0.6) is 0 Å². The monoisotopic (exact) mass is 288 g/mol. The Morgan fingerprint density at radius 1 is 1.56 bits per heavy atom. The van der Waals surface area contributed by atoms with Gasteiger partial charge in [0.2, 0.25) is 5.78 Å². The van der Waals surface area contributed by atoms with Crippen LogP contribution in [0, 0.1) is 0 Å². The molecule has 0 aliphatic carbocycles. The first kappa shape index (κ1) is 11.7. The number of carbonyl (C=O) groups excluding carboxylic acids is 1. The van der Waals surface area contributed by atoms with Crippen molar-refractivity contribution in [1.82, 2.24) is 15.0 Å². The number of rotatable bonds is 2. The first-order chi connectivity index (χ1) is 7.54. The van der Waals surface area contributed by atoms with Gasteiger partial charge < -0.3 is 10.5 Å². The molecule has 2 heterocycles. The molecule has 0 atom stereocenters. The lowest BCUT2D eigenvalue weighted by Gasteiger charge is -2.31. The highest BCUT2D eigenvalue weighted by Gasteiger charge is 2.39. The molecule has 88 valence electrons. The van der Waals surface area contributed by atoms with Crippen LogP contribution in [0.25, 0.3) is 0 Å². The summed E-state index contributed by atoms with van der Waals surface area (Å²) in [4.78, 5) is 12.3. The smallest absolute Gasteiger partial charge is 0.203 e. The summed E-state index contributed by atoms with van der Waals surface area (Å²) >= 11 is 3.21. The van der Waals surface area contributed by atoms with E-state index in [1.54, 1.807) is 7.05 Å². The van der Waals surface area contributed by atoms with Crippen molar-refractivity contribution in [2.45, 2.75) is 18.4 Å². The Morgan fingerprint density at radius 2 is 2.19 bits per heavy atom. The van der Waals surface area contributed by atoms with Gasteiger partial charge in [-0.15, -0.1) is 5.10 Å². The van der Waals surface area contributed by atoms with Crippen molar-refractivity contribution in [1.29, 1.82) is 0 Å². The largest absolute Gasteiger partial charge is 0.381 e. The molecule has 1 aliphatic rings. The number of Topliss-reactive ketones (excluding diaryl/α,β-unsaturated/α-hetero) is 1. The van der Waals surface area contributed by atoms with Gasteiger partial charge in [0.1, 0.15) is 5.69 Å². The molecule has 6 nitrogen and oxygen atoms in total. The Bertz CT molecular complexity index is 392. The van der Waals surface area contributed by atoms with E-state index >= 15 is 0 Å².